The molecule has 0 aliphatic heterocycles. The highest BCUT2D eigenvalue weighted by molar-refractivity contribution is 14.1. The van der Waals surface area contributed by atoms with E-state index in [-0.39, 0.29) is 11.7 Å². The molecule has 5 atom stereocenters. The Labute approximate surface area is 125 Å². The summed E-state index contributed by atoms with van der Waals surface area (Å²) < 4.78 is 6.32. The summed E-state index contributed by atoms with van der Waals surface area (Å²) in [5.74, 6) is 0.538. The van der Waals surface area contributed by atoms with Gasteiger partial charge in [-0.1, -0.05) is 22.6 Å². The first kappa shape index (κ1) is 14.8. The van der Waals surface area contributed by atoms with Gasteiger partial charge < -0.3 is 25.2 Å². The Hall–Kier alpha value is -0.570. The fourth-order valence-corrected chi connectivity index (χ4v) is 3.13. The number of aliphatic hydroxyl groups excluding tert-OH is 3. The summed E-state index contributed by atoms with van der Waals surface area (Å²) in [5.41, 5.74) is 0. The first-order valence-corrected chi connectivity index (χ1v) is 7.61. The molecular weight excluding hydrogens is 363 g/mol. The number of phenols is 1. The molecule has 0 aromatic heterocycles. The minimum absolute atomic E-state index is 0.110. The van der Waals surface area contributed by atoms with E-state index in [1.807, 2.05) is 0 Å². The lowest BCUT2D eigenvalue weighted by atomic mass is 9.82. The first-order valence-electron chi connectivity index (χ1n) is 6.08. The van der Waals surface area contributed by atoms with Crippen LogP contribution in [0.15, 0.2) is 24.3 Å². The highest BCUT2D eigenvalue weighted by Gasteiger charge is 2.43. The van der Waals surface area contributed by atoms with Gasteiger partial charge in [0.25, 0.3) is 0 Å². The van der Waals surface area contributed by atoms with Crippen LogP contribution in [-0.2, 0) is 0 Å². The van der Waals surface area contributed by atoms with Crippen LogP contribution in [0.2, 0.25) is 0 Å². The summed E-state index contributed by atoms with van der Waals surface area (Å²) in [5, 5.41) is 38.8. The van der Waals surface area contributed by atoms with Gasteiger partial charge in [-0.05, 0) is 36.6 Å². The van der Waals surface area contributed by atoms with E-state index < -0.39 is 24.4 Å². The van der Waals surface area contributed by atoms with Crippen LogP contribution in [-0.4, -0.2) is 49.3 Å². The molecule has 0 bridgehead atoms. The van der Waals surface area contributed by atoms with Crippen LogP contribution < -0.4 is 4.74 Å². The van der Waals surface area contributed by atoms with Gasteiger partial charge in [0.05, 0.1) is 6.10 Å². The number of ether oxygens (including phenoxy) is 1. The monoisotopic (exact) mass is 380 g/mol. The van der Waals surface area contributed by atoms with Crippen molar-refractivity contribution in [3.8, 4) is 11.5 Å². The van der Waals surface area contributed by atoms with Crippen LogP contribution in [0.5, 0.6) is 11.5 Å². The molecule has 1 fully saturated rings. The molecule has 106 valence electrons. The van der Waals surface area contributed by atoms with E-state index in [9.17, 15) is 20.4 Å². The zero-order valence-electron chi connectivity index (χ0n) is 10.2. The van der Waals surface area contributed by atoms with Gasteiger partial charge in [0, 0.05) is 4.43 Å². The van der Waals surface area contributed by atoms with Gasteiger partial charge in [-0.15, -0.1) is 0 Å². The zero-order chi connectivity index (χ0) is 14.0. The predicted octanol–water partition coefficient (Wildman–Crippen LogP) is 0.677. The molecule has 0 heterocycles. The fourth-order valence-electron chi connectivity index (χ4n) is 2.25. The first-order chi connectivity index (χ1) is 9.02. The van der Waals surface area contributed by atoms with Crippen molar-refractivity contribution in [2.75, 3.05) is 4.43 Å². The largest absolute Gasteiger partial charge is 0.508 e. The second kappa shape index (κ2) is 6.25. The second-order valence-corrected chi connectivity index (χ2v) is 5.65. The molecule has 5 nitrogen and oxygen atoms in total. The number of hydrogen-bond donors (Lipinski definition) is 4. The number of phenolic OH excluding ortho intramolecular Hbond substituents is 1. The zero-order valence-corrected chi connectivity index (χ0v) is 12.3. The van der Waals surface area contributed by atoms with Gasteiger partial charge >= 0.3 is 0 Å². The maximum Gasteiger partial charge on any atom is 0.128 e. The third-order valence-electron chi connectivity index (χ3n) is 3.42. The third kappa shape index (κ3) is 3.31. The number of halogens is 1. The van der Waals surface area contributed by atoms with Crippen LogP contribution in [0.25, 0.3) is 0 Å². The molecule has 1 aromatic carbocycles. The van der Waals surface area contributed by atoms with Crippen LogP contribution in [0, 0.1) is 5.92 Å². The third-order valence-corrected chi connectivity index (χ3v) is 4.55. The van der Waals surface area contributed by atoms with E-state index >= 15 is 0 Å². The lowest BCUT2D eigenvalue weighted by Crippen LogP contribution is -2.55. The fraction of sp³-hybridized carbons (Fsp3) is 0.538. The molecule has 0 saturated heterocycles. The summed E-state index contributed by atoms with van der Waals surface area (Å²) in [7, 11) is 0. The van der Waals surface area contributed by atoms with Crippen LogP contribution in [0.4, 0.5) is 0 Å². The molecule has 1 saturated carbocycles. The SMILES string of the molecule is Oc1ccc(OC2CC(CI)C(O)C(O)C2O)cc1. The Bertz CT molecular complexity index is 408. The average molecular weight is 380 g/mol. The maximum absolute atomic E-state index is 9.95. The molecule has 5 unspecified atom stereocenters. The van der Waals surface area contributed by atoms with Gasteiger partial charge in [0.1, 0.15) is 29.8 Å². The van der Waals surface area contributed by atoms with Crippen molar-refractivity contribution >= 4 is 22.6 Å². The maximum atomic E-state index is 9.95. The van der Waals surface area contributed by atoms with Gasteiger partial charge in [-0.2, -0.15) is 0 Å². The highest BCUT2D eigenvalue weighted by atomic mass is 127. The van der Waals surface area contributed by atoms with Gasteiger partial charge in [-0.3, -0.25) is 0 Å². The Balaban J connectivity index is 2.08. The van der Waals surface area contributed by atoms with Crippen molar-refractivity contribution in [1.82, 2.24) is 0 Å². The topological polar surface area (TPSA) is 90.2 Å². The molecule has 1 aliphatic carbocycles. The highest BCUT2D eigenvalue weighted by Crippen LogP contribution is 2.30. The number of alkyl halides is 1. The van der Waals surface area contributed by atoms with Crippen LogP contribution in [0.1, 0.15) is 6.42 Å². The van der Waals surface area contributed by atoms with E-state index in [4.69, 9.17) is 4.74 Å². The van der Waals surface area contributed by atoms with Crippen molar-refractivity contribution in [3.63, 3.8) is 0 Å². The molecule has 0 radical (unpaired) electrons. The second-order valence-electron chi connectivity index (χ2n) is 4.77. The quantitative estimate of drug-likeness (QED) is 0.458. The lowest BCUT2D eigenvalue weighted by molar-refractivity contribution is -0.146. The van der Waals surface area contributed by atoms with E-state index in [1.165, 1.54) is 12.1 Å². The van der Waals surface area contributed by atoms with Gasteiger partial charge in [0.2, 0.25) is 0 Å². The standard InChI is InChI=1S/C13H17IO5/c14-6-7-5-10(12(17)13(18)11(7)16)19-9-3-1-8(15)2-4-9/h1-4,7,10-13,15-18H,5-6H2. The van der Waals surface area contributed by atoms with E-state index in [2.05, 4.69) is 22.6 Å². The number of benzene rings is 1. The Kier molecular flexibility index (Phi) is 4.88. The van der Waals surface area contributed by atoms with Crippen molar-refractivity contribution < 1.29 is 25.2 Å². The van der Waals surface area contributed by atoms with E-state index in [0.717, 1.165) is 0 Å². The molecule has 0 amide bonds. The number of aromatic hydroxyl groups is 1. The Morgan fingerprint density at radius 3 is 2.26 bits per heavy atom. The van der Waals surface area contributed by atoms with Crippen LogP contribution in [0.3, 0.4) is 0 Å². The normalized spacial score (nSPS) is 35.1. The van der Waals surface area contributed by atoms with Crippen LogP contribution >= 0.6 is 22.6 Å². The molecular formula is C13H17IO5. The van der Waals surface area contributed by atoms with Gasteiger partial charge in [-0.25, -0.2) is 0 Å². The molecule has 1 aliphatic rings. The molecule has 4 N–H and O–H groups in total. The smallest absolute Gasteiger partial charge is 0.128 e. The molecule has 6 heteroatoms. The predicted molar refractivity (Wildman–Crippen MR) is 77.5 cm³/mol. The molecule has 1 aromatic rings. The summed E-state index contributed by atoms with van der Waals surface area (Å²) in [4.78, 5) is 0. The number of rotatable bonds is 3. The average Bonchev–Trinajstić information content (AvgIpc) is 2.42. The Morgan fingerprint density at radius 2 is 1.68 bits per heavy atom. The van der Waals surface area contributed by atoms with Gasteiger partial charge in [0.15, 0.2) is 0 Å². The van der Waals surface area contributed by atoms with E-state index in [0.29, 0.717) is 16.6 Å². The molecule has 19 heavy (non-hydrogen) atoms. The van der Waals surface area contributed by atoms with Crippen molar-refractivity contribution in [2.45, 2.75) is 30.8 Å². The van der Waals surface area contributed by atoms with Crippen molar-refractivity contribution in [2.24, 2.45) is 5.92 Å². The summed E-state index contributed by atoms with van der Waals surface area (Å²) in [6.45, 7) is 0. The molecule has 0 spiro atoms. The number of aliphatic hydroxyl groups is 3. The minimum Gasteiger partial charge on any atom is -0.508 e. The molecule has 2 rings (SSSR count). The number of hydrogen-bond acceptors (Lipinski definition) is 5. The van der Waals surface area contributed by atoms with Crippen molar-refractivity contribution in [3.05, 3.63) is 24.3 Å². The summed E-state index contributed by atoms with van der Waals surface area (Å²) in [6, 6.07) is 6.17. The summed E-state index contributed by atoms with van der Waals surface area (Å²) >= 11 is 2.14. The van der Waals surface area contributed by atoms with Crippen molar-refractivity contribution in [1.29, 1.82) is 0 Å². The lowest BCUT2D eigenvalue weighted by Gasteiger charge is -2.39. The Morgan fingerprint density at radius 1 is 1.05 bits per heavy atom. The van der Waals surface area contributed by atoms with E-state index in [1.54, 1.807) is 12.1 Å². The minimum atomic E-state index is -1.20. The summed E-state index contributed by atoms with van der Waals surface area (Å²) in [6.07, 6.45) is -3.34.